The van der Waals surface area contributed by atoms with Crippen LogP contribution in [0.25, 0.3) is 5.57 Å². The van der Waals surface area contributed by atoms with Crippen LogP contribution >= 0.6 is 0 Å². The van der Waals surface area contributed by atoms with Crippen LogP contribution in [0.2, 0.25) is 0 Å². The average Bonchev–Trinajstić information content (AvgIpc) is 3.02. The third-order valence-electron chi connectivity index (χ3n) is 5.15. The number of carbonyl (C=O) groups excluding carboxylic acids is 2. The Labute approximate surface area is 158 Å². The Hall–Kier alpha value is -3.28. The lowest BCUT2D eigenvalue weighted by Crippen LogP contribution is -2.41. The van der Waals surface area contributed by atoms with E-state index >= 15 is 0 Å². The molecule has 2 aromatic carbocycles. The van der Waals surface area contributed by atoms with Gasteiger partial charge in [-0.3, -0.25) is 9.59 Å². The minimum absolute atomic E-state index is 0.0813. The number of para-hydroxylation sites is 1. The Morgan fingerprint density at radius 2 is 1.96 bits per heavy atom. The molecule has 2 aliphatic heterocycles. The summed E-state index contributed by atoms with van der Waals surface area (Å²) in [5.74, 6) is -0.409. The Bertz CT molecular complexity index is 905. The molecule has 1 saturated heterocycles. The molecule has 0 aromatic heterocycles. The van der Waals surface area contributed by atoms with Crippen LogP contribution in [0.3, 0.4) is 0 Å². The minimum atomic E-state index is -0.222. The highest BCUT2D eigenvalue weighted by Gasteiger charge is 2.24. The van der Waals surface area contributed by atoms with Crippen molar-refractivity contribution in [2.75, 3.05) is 28.6 Å². The van der Waals surface area contributed by atoms with Gasteiger partial charge in [0.05, 0.1) is 11.5 Å². The number of primary amides is 1. The molecule has 6 nitrogen and oxygen atoms in total. The van der Waals surface area contributed by atoms with E-state index in [1.165, 1.54) is 0 Å². The fraction of sp³-hybridized carbons (Fsp3) is 0.238. The van der Waals surface area contributed by atoms with Crippen LogP contribution in [-0.2, 0) is 9.59 Å². The lowest BCUT2D eigenvalue weighted by molar-refractivity contribution is -0.122. The molecule has 0 aliphatic carbocycles. The van der Waals surface area contributed by atoms with E-state index in [1.54, 1.807) is 6.20 Å². The molecule has 0 spiro atoms. The normalized spacial score (nSPS) is 20.3. The standard InChI is InChI=1S/C21H22N4O2/c22-20(26)14-4-3-11-25(13-14)16-9-7-15(8-10-16)23-12-18-17-5-1-2-6-19(17)24-21(18)27/h1-2,5-10,12,14,23H,3-4,11,13H2,(H2,22,26)(H,24,27). The molecule has 138 valence electrons. The number of carbonyl (C=O) groups is 2. The molecule has 27 heavy (non-hydrogen) atoms. The number of hydrogen-bond donors (Lipinski definition) is 3. The summed E-state index contributed by atoms with van der Waals surface area (Å²) in [6, 6.07) is 15.6. The molecule has 2 aromatic rings. The van der Waals surface area contributed by atoms with Crippen molar-refractivity contribution in [2.45, 2.75) is 12.8 Å². The Morgan fingerprint density at radius 3 is 2.74 bits per heavy atom. The highest BCUT2D eigenvalue weighted by molar-refractivity contribution is 6.31. The molecular weight excluding hydrogens is 340 g/mol. The van der Waals surface area contributed by atoms with E-state index in [1.807, 2.05) is 48.5 Å². The van der Waals surface area contributed by atoms with Gasteiger partial charge in [0, 0.05) is 41.9 Å². The molecule has 4 rings (SSSR count). The van der Waals surface area contributed by atoms with Gasteiger partial charge in [-0.2, -0.15) is 0 Å². The van der Waals surface area contributed by atoms with Gasteiger partial charge in [0.15, 0.2) is 0 Å². The van der Waals surface area contributed by atoms with Crippen LogP contribution < -0.4 is 21.3 Å². The monoisotopic (exact) mass is 362 g/mol. The van der Waals surface area contributed by atoms with E-state index in [4.69, 9.17) is 5.73 Å². The van der Waals surface area contributed by atoms with E-state index < -0.39 is 0 Å². The van der Waals surface area contributed by atoms with Gasteiger partial charge >= 0.3 is 0 Å². The number of rotatable bonds is 4. The first-order chi connectivity index (χ1) is 13.1. The highest BCUT2D eigenvalue weighted by Crippen LogP contribution is 2.31. The van der Waals surface area contributed by atoms with E-state index in [9.17, 15) is 9.59 Å². The quantitative estimate of drug-likeness (QED) is 0.730. The minimum Gasteiger partial charge on any atom is -0.371 e. The molecule has 1 atom stereocenters. The summed E-state index contributed by atoms with van der Waals surface area (Å²) in [6.45, 7) is 1.60. The molecule has 4 N–H and O–H groups in total. The number of nitrogens with one attached hydrogen (secondary N) is 2. The lowest BCUT2D eigenvalue weighted by atomic mass is 9.97. The Morgan fingerprint density at radius 1 is 1.19 bits per heavy atom. The van der Waals surface area contributed by atoms with Crippen molar-refractivity contribution in [2.24, 2.45) is 11.7 Å². The molecule has 1 fully saturated rings. The van der Waals surface area contributed by atoms with E-state index in [-0.39, 0.29) is 17.7 Å². The zero-order chi connectivity index (χ0) is 18.8. The van der Waals surface area contributed by atoms with E-state index in [0.29, 0.717) is 12.1 Å². The molecule has 6 heteroatoms. The van der Waals surface area contributed by atoms with Gasteiger partial charge in [0.25, 0.3) is 5.91 Å². The van der Waals surface area contributed by atoms with Crippen molar-refractivity contribution in [1.29, 1.82) is 0 Å². The van der Waals surface area contributed by atoms with Gasteiger partial charge in [-0.15, -0.1) is 0 Å². The Kier molecular flexibility index (Phi) is 4.54. The predicted molar refractivity (Wildman–Crippen MR) is 107 cm³/mol. The molecule has 2 heterocycles. The van der Waals surface area contributed by atoms with E-state index in [2.05, 4.69) is 15.5 Å². The van der Waals surface area contributed by atoms with Crippen molar-refractivity contribution < 1.29 is 9.59 Å². The third-order valence-corrected chi connectivity index (χ3v) is 5.15. The first-order valence-electron chi connectivity index (χ1n) is 9.13. The van der Waals surface area contributed by atoms with Crippen molar-refractivity contribution in [1.82, 2.24) is 0 Å². The number of benzene rings is 2. The van der Waals surface area contributed by atoms with Gasteiger partial charge in [0.2, 0.25) is 5.91 Å². The molecule has 0 radical (unpaired) electrons. The summed E-state index contributed by atoms with van der Waals surface area (Å²) in [7, 11) is 0. The molecule has 0 saturated carbocycles. The first kappa shape index (κ1) is 17.1. The number of hydrogen-bond acceptors (Lipinski definition) is 4. The number of piperidine rings is 1. The first-order valence-corrected chi connectivity index (χ1v) is 9.13. The second kappa shape index (κ2) is 7.15. The average molecular weight is 362 g/mol. The van der Waals surface area contributed by atoms with Crippen LogP contribution in [0.5, 0.6) is 0 Å². The van der Waals surface area contributed by atoms with Crippen LogP contribution in [0.15, 0.2) is 54.7 Å². The maximum atomic E-state index is 12.1. The molecule has 2 amide bonds. The summed E-state index contributed by atoms with van der Waals surface area (Å²) in [4.78, 5) is 25.8. The number of anilines is 3. The van der Waals surface area contributed by atoms with Crippen molar-refractivity contribution in [3.05, 3.63) is 60.3 Å². The smallest absolute Gasteiger partial charge is 0.257 e. The highest BCUT2D eigenvalue weighted by atomic mass is 16.2. The summed E-state index contributed by atoms with van der Waals surface area (Å²) in [5, 5.41) is 6.06. The zero-order valence-corrected chi connectivity index (χ0v) is 14.9. The SMILES string of the molecule is NC(=O)C1CCCN(c2ccc(NC=C3C(=O)Nc4ccccc43)cc2)C1. The predicted octanol–water partition coefficient (Wildman–Crippen LogP) is 2.79. The second-order valence-electron chi connectivity index (χ2n) is 6.94. The van der Waals surface area contributed by atoms with Crippen LogP contribution in [0.4, 0.5) is 17.1 Å². The van der Waals surface area contributed by atoms with Gasteiger partial charge in [-0.25, -0.2) is 0 Å². The number of fused-ring (bicyclic) bond motifs is 1. The Balaban J connectivity index is 1.46. The maximum Gasteiger partial charge on any atom is 0.257 e. The van der Waals surface area contributed by atoms with Gasteiger partial charge in [-0.05, 0) is 43.2 Å². The van der Waals surface area contributed by atoms with Crippen molar-refractivity contribution in [3.8, 4) is 0 Å². The summed E-state index contributed by atoms with van der Waals surface area (Å²) in [6.07, 6.45) is 3.57. The van der Waals surface area contributed by atoms with Gasteiger partial charge in [-0.1, -0.05) is 18.2 Å². The van der Waals surface area contributed by atoms with Crippen LogP contribution in [0, 0.1) is 5.92 Å². The third kappa shape index (κ3) is 3.51. The van der Waals surface area contributed by atoms with Gasteiger partial charge < -0.3 is 21.3 Å². The molecular formula is C21H22N4O2. The summed E-state index contributed by atoms with van der Waals surface area (Å²) in [5.41, 5.74) is 9.78. The summed E-state index contributed by atoms with van der Waals surface area (Å²) >= 11 is 0. The lowest BCUT2D eigenvalue weighted by Gasteiger charge is -2.33. The zero-order valence-electron chi connectivity index (χ0n) is 14.9. The van der Waals surface area contributed by atoms with Gasteiger partial charge in [0.1, 0.15) is 0 Å². The summed E-state index contributed by atoms with van der Waals surface area (Å²) < 4.78 is 0. The van der Waals surface area contributed by atoms with Crippen molar-refractivity contribution >= 4 is 34.4 Å². The molecule has 2 aliphatic rings. The van der Waals surface area contributed by atoms with E-state index in [0.717, 1.165) is 42.0 Å². The topological polar surface area (TPSA) is 87.5 Å². The van der Waals surface area contributed by atoms with Crippen molar-refractivity contribution in [3.63, 3.8) is 0 Å². The van der Waals surface area contributed by atoms with Crippen LogP contribution in [0.1, 0.15) is 18.4 Å². The maximum absolute atomic E-state index is 12.1. The fourth-order valence-corrected chi connectivity index (χ4v) is 3.65. The number of amides is 2. The molecule has 0 bridgehead atoms. The number of nitrogens with two attached hydrogens (primary N) is 1. The largest absolute Gasteiger partial charge is 0.371 e. The fourth-order valence-electron chi connectivity index (χ4n) is 3.65. The van der Waals surface area contributed by atoms with Crippen LogP contribution in [-0.4, -0.2) is 24.9 Å². The number of nitrogens with zero attached hydrogens (tertiary/aromatic N) is 1. The molecule has 1 unspecified atom stereocenters. The second-order valence-corrected chi connectivity index (χ2v) is 6.94.